The highest BCUT2D eigenvalue weighted by Crippen LogP contribution is 2.19. The molecule has 1 saturated heterocycles. The Bertz CT molecular complexity index is 1210. The van der Waals surface area contributed by atoms with E-state index in [-0.39, 0.29) is 17.0 Å². The normalized spacial score (nSPS) is 14.8. The molecule has 1 fully saturated rings. The number of morpholine rings is 1. The molecule has 0 unspecified atom stereocenters. The lowest BCUT2D eigenvalue weighted by molar-refractivity contribution is 0.0730. The molecule has 32 heavy (non-hydrogen) atoms. The van der Waals surface area contributed by atoms with Crippen LogP contribution in [-0.2, 0) is 21.3 Å². The fraction of sp³-hybridized carbons (Fsp3) is 0.227. The van der Waals surface area contributed by atoms with Crippen LogP contribution in [0.25, 0.3) is 11.4 Å². The zero-order valence-electron chi connectivity index (χ0n) is 17.1. The van der Waals surface area contributed by atoms with E-state index < -0.39 is 21.7 Å². The fourth-order valence-corrected chi connectivity index (χ4v) is 4.74. The summed E-state index contributed by atoms with van der Waals surface area (Å²) < 4.78 is 45.6. The van der Waals surface area contributed by atoms with Crippen LogP contribution in [-0.4, -0.2) is 54.9 Å². The number of benzene rings is 2. The lowest BCUT2D eigenvalue weighted by Crippen LogP contribution is -2.40. The summed E-state index contributed by atoms with van der Waals surface area (Å²) in [5.74, 6) is -0.495. The van der Waals surface area contributed by atoms with Crippen LogP contribution in [0.1, 0.15) is 15.9 Å². The Morgan fingerprint density at radius 1 is 1.06 bits per heavy atom. The maximum atomic E-state index is 13.4. The smallest absolute Gasteiger partial charge is 0.254 e. The SMILES string of the molecule is O=C(NCc1cccc(S(=O)(=O)N2CCOCC2)c1)c1cnc(-c2cccc(F)c2)nc1. The zero-order chi connectivity index (χ0) is 22.6. The standard InChI is InChI=1S/C22H21FN4O4S/c23-19-5-2-4-17(12-19)21-24-14-18(15-25-21)22(28)26-13-16-3-1-6-20(11-16)32(29,30)27-7-9-31-10-8-27/h1-6,11-12,14-15H,7-10,13H2,(H,26,28). The first kappa shape index (κ1) is 22.0. The zero-order valence-corrected chi connectivity index (χ0v) is 17.9. The quantitative estimate of drug-likeness (QED) is 0.611. The van der Waals surface area contributed by atoms with E-state index in [1.54, 1.807) is 30.3 Å². The Morgan fingerprint density at radius 2 is 1.78 bits per heavy atom. The third kappa shape index (κ3) is 4.98. The van der Waals surface area contributed by atoms with Crippen molar-refractivity contribution < 1.29 is 22.3 Å². The number of halogens is 1. The number of nitrogens with one attached hydrogen (secondary N) is 1. The van der Waals surface area contributed by atoms with Gasteiger partial charge in [0.2, 0.25) is 10.0 Å². The Hall–Kier alpha value is -3.21. The molecule has 2 heterocycles. The Kier molecular flexibility index (Phi) is 6.54. The number of nitrogens with zero attached hydrogens (tertiary/aromatic N) is 3. The van der Waals surface area contributed by atoms with Crippen molar-refractivity contribution in [1.82, 2.24) is 19.6 Å². The van der Waals surface area contributed by atoms with Gasteiger partial charge in [0.15, 0.2) is 5.82 Å². The molecule has 4 rings (SSSR count). The molecule has 0 spiro atoms. The highest BCUT2D eigenvalue weighted by Gasteiger charge is 2.26. The largest absolute Gasteiger partial charge is 0.379 e. The van der Waals surface area contributed by atoms with E-state index in [0.717, 1.165) is 0 Å². The van der Waals surface area contributed by atoms with Crippen LogP contribution >= 0.6 is 0 Å². The average molecular weight is 456 g/mol. The number of aromatic nitrogens is 2. The number of sulfonamides is 1. The second-order valence-electron chi connectivity index (χ2n) is 7.15. The highest BCUT2D eigenvalue weighted by molar-refractivity contribution is 7.89. The summed E-state index contributed by atoms with van der Waals surface area (Å²) in [5, 5.41) is 2.73. The number of amides is 1. The van der Waals surface area contributed by atoms with Crippen molar-refractivity contribution >= 4 is 15.9 Å². The number of carbonyl (C=O) groups excluding carboxylic acids is 1. The van der Waals surface area contributed by atoms with Gasteiger partial charge in [-0.15, -0.1) is 0 Å². The number of carbonyl (C=O) groups is 1. The Balaban J connectivity index is 1.41. The van der Waals surface area contributed by atoms with Gasteiger partial charge < -0.3 is 10.1 Å². The van der Waals surface area contributed by atoms with E-state index in [1.165, 1.54) is 34.9 Å². The minimum absolute atomic E-state index is 0.136. The highest BCUT2D eigenvalue weighted by atomic mass is 32.2. The summed E-state index contributed by atoms with van der Waals surface area (Å²) in [5.41, 5.74) is 1.39. The maximum absolute atomic E-state index is 13.4. The molecule has 1 aliphatic rings. The summed E-state index contributed by atoms with van der Waals surface area (Å²) in [7, 11) is -3.62. The first-order valence-corrected chi connectivity index (χ1v) is 11.4. The van der Waals surface area contributed by atoms with Crippen LogP contribution in [0.4, 0.5) is 4.39 Å². The van der Waals surface area contributed by atoms with Crippen molar-refractivity contribution in [2.75, 3.05) is 26.3 Å². The molecule has 1 amide bonds. The molecule has 166 valence electrons. The summed E-state index contributed by atoms with van der Waals surface area (Å²) in [6.45, 7) is 1.50. The van der Waals surface area contributed by atoms with Crippen molar-refractivity contribution in [1.29, 1.82) is 0 Å². The van der Waals surface area contributed by atoms with Gasteiger partial charge in [0.25, 0.3) is 5.91 Å². The van der Waals surface area contributed by atoms with Crippen molar-refractivity contribution in [2.24, 2.45) is 0 Å². The second kappa shape index (κ2) is 9.51. The molecule has 0 atom stereocenters. The summed E-state index contributed by atoms with van der Waals surface area (Å²) in [6.07, 6.45) is 2.73. The molecule has 0 aliphatic carbocycles. The molecular formula is C22H21FN4O4S. The maximum Gasteiger partial charge on any atom is 0.254 e. The minimum Gasteiger partial charge on any atom is -0.379 e. The van der Waals surface area contributed by atoms with Gasteiger partial charge in [0.1, 0.15) is 5.82 Å². The van der Waals surface area contributed by atoms with Crippen LogP contribution in [0.2, 0.25) is 0 Å². The second-order valence-corrected chi connectivity index (χ2v) is 9.09. The molecule has 1 aromatic heterocycles. The Labute approximate surface area is 185 Å². The van der Waals surface area contributed by atoms with Gasteiger partial charge in [-0.25, -0.2) is 22.8 Å². The average Bonchev–Trinajstić information content (AvgIpc) is 2.83. The monoisotopic (exact) mass is 456 g/mol. The fourth-order valence-electron chi connectivity index (χ4n) is 3.26. The summed E-state index contributed by atoms with van der Waals surface area (Å²) in [6, 6.07) is 12.3. The third-order valence-corrected chi connectivity index (χ3v) is 6.85. The molecule has 1 aliphatic heterocycles. The van der Waals surface area contributed by atoms with Crippen LogP contribution in [0.15, 0.2) is 65.8 Å². The molecule has 0 bridgehead atoms. The lowest BCUT2D eigenvalue weighted by Gasteiger charge is -2.26. The van der Waals surface area contributed by atoms with Crippen molar-refractivity contribution in [3.63, 3.8) is 0 Å². The van der Waals surface area contributed by atoms with Gasteiger partial charge in [-0.3, -0.25) is 4.79 Å². The van der Waals surface area contributed by atoms with E-state index in [2.05, 4.69) is 15.3 Å². The number of hydrogen-bond acceptors (Lipinski definition) is 6. The number of ether oxygens (including phenoxy) is 1. The van der Waals surface area contributed by atoms with Crippen LogP contribution in [0.3, 0.4) is 0 Å². The van der Waals surface area contributed by atoms with Crippen LogP contribution < -0.4 is 5.32 Å². The van der Waals surface area contributed by atoms with Gasteiger partial charge >= 0.3 is 0 Å². The molecule has 0 radical (unpaired) electrons. The number of hydrogen-bond donors (Lipinski definition) is 1. The molecule has 8 nitrogen and oxygen atoms in total. The summed E-state index contributed by atoms with van der Waals surface area (Å²) >= 11 is 0. The Morgan fingerprint density at radius 3 is 2.50 bits per heavy atom. The molecule has 10 heteroatoms. The molecule has 0 saturated carbocycles. The first-order valence-electron chi connectivity index (χ1n) is 9.96. The topological polar surface area (TPSA) is 101 Å². The predicted octanol–water partition coefficient (Wildman–Crippen LogP) is 2.23. The molecule has 1 N–H and O–H groups in total. The van der Waals surface area contributed by atoms with Gasteiger partial charge in [-0.2, -0.15) is 4.31 Å². The van der Waals surface area contributed by atoms with Crippen molar-refractivity contribution in [2.45, 2.75) is 11.4 Å². The van der Waals surface area contributed by atoms with Gasteiger partial charge in [-0.1, -0.05) is 24.3 Å². The van der Waals surface area contributed by atoms with Crippen LogP contribution in [0, 0.1) is 5.82 Å². The van der Waals surface area contributed by atoms with E-state index in [1.807, 2.05) is 0 Å². The van der Waals surface area contributed by atoms with E-state index in [0.29, 0.717) is 43.3 Å². The van der Waals surface area contributed by atoms with E-state index >= 15 is 0 Å². The van der Waals surface area contributed by atoms with Crippen LogP contribution in [0.5, 0.6) is 0 Å². The minimum atomic E-state index is -3.62. The van der Waals surface area contributed by atoms with E-state index in [9.17, 15) is 17.6 Å². The molecule has 2 aromatic carbocycles. The van der Waals surface area contributed by atoms with Gasteiger partial charge in [-0.05, 0) is 29.8 Å². The van der Waals surface area contributed by atoms with E-state index in [4.69, 9.17) is 4.74 Å². The molecule has 3 aromatic rings. The van der Waals surface area contributed by atoms with Crippen molar-refractivity contribution in [3.05, 3.63) is 77.9 Å². The third-order valence-electron chi connectivity index (χ3n) is 4.96. The number of rotatable bonds is 6. The predicted molar refractivity (Wildman–Crippen MR) is 115 cm³/mol. The molecular weight excluding hydrogens is 435 g/mol. The first-order chi connectivity index (χ1) is 15.4. The van der Waals surface area contributed by atoms with Gasteiger partial charge in [0.05, 0.1) is 23.7 Å². The lowest BCUT2D eigenvalue weighted by atomic mass is 10.2. The van der Waals surface area contributed by atoms with Crippen molar-refractivity contribution in [3.8, 4) is 11.4 Å². The summed E-state index contributed by atoms with van der Waals surface area (Å²) in [4.78, 5) is 20.9. The van der Waals surface area contributed by atoms with Gasteiger partial charge in [0, 0.05) is 37.6 Å².